The first kappa shape index (κ1) is 14.5. The third kappa shape index (κ3) is 6.64. The topological polar surface area (TPSA) is 44.8 Å². The molecule has 0 aromatic heterocycles. The van der Waals surface area contributed by atoms with Crippen LogP contribution in [0.1, 0.15) is 46.0 Å². The van der Waals surface area contributed by atoms with Crippen LogP contribution in [0.2, 0.25) is 0 Å². The maximum Gasteiger partial charge on any atom is 0.308 e. The Hall–Kier alpha value is -0.610. The zero-order chi connectivity index (χ0) is 12.5. The molecule has 1 aliphatic heterocycles. The Morgan fingerprint density at radius 3 is 3.00 bits per heavy atom. The maximum atomic E-state index is 11.3. The van der Waals surface area contributed by atoms with E-state index < -0.39 is 0 Å². The number of ether oxygens (including phenoxy) is 3. The molecule has 1 aliphatic rings. The van der Waals surface area contributed by atoms with E-state index >= 15 is 0 Å². The summed E-state index contributed by atoms with van der Waals surface area (Å²) >= 11 is 0. The Morgan fingerprint density at radius 1 is 1.41 bits per heavy atom. The van der Waals surface area contributed by atoms with Gasteiger partial charge in [-0.25, -0.2) is 0 Å². The Morgan fingerprint density at radius 2 is 2.24 bits per heavy atom. The molecule has 0 radical (unpaired) electrons. The molecule has 0 amide bonds. The molecular weight excluding hydrogens is 220 g/mol. The van der Waals surface area contributed by atoms with Crippen LogP contribution in [0, 0.1) is 0 Å². The van der Waals surface area contributed by atoms with Crippen LogP contribution >= 0.6 is 0 Å². The van der Waals surface area contributed by atoms with Gasteiger partial charge in [0.2, 0.25) is 0 Å². The summed E-state index contributed by atoms with van der Waals surface area (Å²) in [6, 6.07) is 0. The van der Waals surface area contributed by atoms with E-state index in [1.54, 1.807) is 0 Å². The van der Waals surface area contributed by atoms with Crippen molar-refractivity contribution in [3.05, 3.63) is 0 Å². The molecule has 17 heavy (non-hydrogen) atoms. The summed E-state index contributed by atoms with van der Waals surface area (Å²) in [6.07, 6.45) is 4.28. The summed E-state index contributed by atoms with van der Waals surface area (Å²) in [5.41, 5.74) is 0. The third-order valence-corrected chi connectivity index (χ3v) is 2.81. The third-order valence-electron chi connectivity index (χ3n) is 2.81. The van der Waals surface area contributed by atoms with Crippen molar-refractivity contribution in [1.82, 2.24) is 0 Å². The summed E-state index contributed by atoms with van der Waals surface area (Å²) in [7, 11) is 0. The molecule has 100 valence electrons. The molecule has 1 heterocycles. The Kier molecular flexibility index (Phi) is 7.21. The van der Waals surface area contributed by atoms with Crippen molar-refractivity contribution >= 4 is 5.97 Å². The van der Waals surface area contributed by atoms with Gasteiger partial charge in [-0.1, -0.05) is 13.3 Å². The lowest BCUT2D eigenvalue weighted by Crippen LogP contribution is -2.27. The lowest BCUT2D eigenvalue weighted by molar-refractivity contribution is -0.152. The molecule has 2 atom stereocenters. The summed E-state index contributed by atoms with van der Waals surface area (Å²) in [5, 5.41) is 0. The van der Waals surface area contributed by atoms with E-state index in [4.69, 9.17) is 14.2 Å². The van der Waals surface area contributed by atoms with Crippen LogP contribution in [0.25, 0.3) is 0 Å². The van der Waals surface area contributed by atoms with Crippen molar-refractivity contribution in [3.8, 4) is 0 Å². The lowest BCUT2D eigenvalue weighted by atomic mass is 10.1. The molecule has 0 aromatic rings. The fraction of sp³-hybridized carbons (Fsp3) is 0.923. The highest BCUT2D eigenvalue weighted by Crippen LogP contribution is 2.13. The van der Waals surface area contributed by atoms with Gasteiger partial charge >= 0.3 is 5.97 Å². The van der Waals surface area contributed by atoms with Gasteiger partial charge in [-0.3, -0.25) is 4.79 Å². The van der Waals surface area contributed by atoms with Gasteiger partial charge in [0, 0.05) is 19.6 Å². The molecule has 4 nitrogen and oxygen atoms in total. The van der Waals surface area contributed by atoms with Crippen LogP contribution in [0.15, 0.2) is 0 Å². The van der Waals surface area contributed by atoms with E-state index in [1.807, 2.05) is 6.92 Å². The van der Waals surface area contributed by atoms with Gasteiger partial charge in [0.15, 0.2) is 0 Å². The molecule has 1 fully saturated rings. The van der Waals surface area contributed by atoms with Crippen LogP contribution in [0.3, 0.4) is 0 Å². The molecule has 1 saturated heterocycles. The van der Waals surface area contributed by atoms with E-state index in [9.17, 15) is 4.79 Å². The smallest absolute Gasteiger partial charge is 0.308 e. The molecule has 0 spiro atoms. The van der Waals surface area contributed by atoms with Crippen molar-refractivity contribution in [2.75, 3.05) is 19.8 Å². The van der Waals surface area contributed by atoms with Gasteiger partial charge in [-0.15, -0.1) is 0 Å². The number of unbranched alkanes of at least 4 members (excludes halogenated alkanes) is 1. The summed E-state index contributed by atoms with van der Waals surface area (Å²) in [5.74, 6) is -0.174. The largest absolute Gasteiger partial charge is 0.462 e. The molecule has 0 aliphatic carbocycles. The monoisotopic (exact) mass is 244 g/mol. The number of esters is 1. The number of cyclic esters (lactones) is 1. The van der Waals surface area contributed by atoms with Crippen molar-refractivity contribution in [1.29, 1.82) is 0 Å². The molecule has 0 bridgehead atoms. The van der Waals surface area contributed by atoms with Gasteiger partial charge < -0.3 is 14.2 Å². The van der Waals surface area contributed by atoms with Crippen LogP contribution in [0.4, 0.5) is 0 Å². The molecule has 1 rings (SSSR count). The van der Waals surface area contributed by atoms with Gasteiger partial charge in [0.05, 0.1) is 19.1 Å². The first-order valence-corrected chi connectivity index (χ1v) is 6.61. The zero-order valence-corrected chi connectivity index (χ0v) is 10.9. The van der Waals surface area contributed by atoms with Crippen LogP contribution < -0.4 is 0 Å². The van der Waals surface area contributed by atoms with Crippen LogP contribution in [0.5, 0.6) is 0 Å². The number of hydrogen-bond donors (Lipinski definition) is 0. The van der Waals surface area contributed by atoms with Crippen molar-refractivity contribution in [3.63, 3.8) is 0 Å². The van der Waals surface area contributed by atoms with E-state index in [0.717, 1.165) is 32.3 Å². The zero-order valence-electron chi connectivity index (χ0n) is 10.9. The Balaban J connectivity index is 2.36. The van der Waals surface area contributed by atoms with Crippen molar-refractivity contribution in [2.24, 2.45) is 0 Å². The second-order valence-corrected chi connectivity index (χ2v) is 4.53. The molecule has 4 heteroatoms. The average molecular weight is 244 g/mol. The number of carbonyl (C=O) groups excluding carboxylic acids is 1. The molecule has 0 aromatic carbocycles. The summed E-state index contributed by atoms with van der Waals surface area (Å²) < 4.78 is 16.4. The van der Waals surface area contributed by atoms with E-state index in [2.05, 4.69) is 6.92 Å². The molecule has 2 unspecified atom stereocenters. The quantitative estimate of drug-likeness (QED) is 0.562. The Labute approximate surface area is 104 Å². The highest BCUT2D eigenvalue weighted by molar-refractivity contribution is 5.69. The minimum Gasteiger partial charge on any atom is -0.462 e. The normalized spacial score (nSPS) is 27.5. The van der Waals surface area contributed by atoms with Crippen molar-refractivity contribution in [2.45, 2.75) is 58.2 Å². The van der Waals surface area contributed by atoms with Gasteiger partial charge in [-0.2, -0.15) is 0 Å². The van der Waals surface area contributed by atoms with E-state index in [1.165, 1.54) is 0 Å². The molecule has 0 saturated carbocycles. The van der Waals surface area contributed by atoms with Crippen molar-refractivity contribution < 1.29 is 19.0 Å². The van der Waals surface area contributed by atoms with Gasteiger partial charge in [0.1, 0.15) is 6.10 Å². The fourth-order valence-corrected chi connectivity index (χ4v) is 1.84. The van der Waals surface area contributed by atoms with Gasteiger partial charge in [-0.05, 0) is 19.8 Å². The minimum absolute atomic E-state index is 0.0628. The van der Waals surface area contributed by atoms with Gasteiger partial charge in [0.25, 0.3) is 0 Å². The highest BCUT2D eigenvalue weighted by atomic mass is 16.5. The SMILES string of the molecule is CCCCOC1CCOCCC(=O)OC(C)C1. The molecule has 0 N–H and O–H groups in total. The predicted octanol–water partition coefficient (Wildman–Crippen LogP) is 2.30. The van der Waals surface area contributed by atoms with E-state index in [0.29, 0.717) is 19.6 Å². The lowest BCUT2D eigenvalue weighted by Gasteiger charge is -2.23. The predicted molar refractivity (Wildman–Crippen MR) is 64.9 cm³/mol. The number of hydrogen-bond acceptors (Lipinski definition) is 4. The van der Waals surface area contributed by atoms with E-state index in [-0.39, 0.29) is 18.2 Å². The maximum absolute atomic E-state index is 11.3. The summed E-state index contributed by atoms with van der Waals surface area (Å²) in [4.78, 5) is 11.3. The highest BCUT2D eigenvalue weighted by Gasteiger charge is 2.18. The minimum atomic E-state index is -0.174. The van der Waals surface area contributed by atoms with Crippen LogP contribution in [-0.4, -0.2) is 38.0 Å². The first-order chi connectivity index (χ1) is 8.22. The second-order valence-electron chi connectivity index (χ2n) is 4.53. The second kappa shape index (κ2) is 8.48. The number of rotatable bonds is 4. The Bertz CT molecular complexity index is 215. The van der Waals surface area contributed by atoms with Crippen LogP contribution in [-0.2, 0) is 19.0 Å². The number of carbonyl (C=O) groups is 1. The first-order valence-electron chi connectivity index (χ1n) is 6.61. The fourth-order valence-electron chi connectivity index (χ4n) is 1.84. The standard InChI is InChI=1S/C13H24O4/c1-3-4-7-16-12-5-8-15-9-6-13(14)17-11(2)10-12/h11-12H,3-10H2,1-2H3. The summed E-state index contributed by atoms with van der Waals surface area (Å²) in [6.45, 7) is 5.96. The average Bonchev–Trinajstić information content (AvgIpc) is 2.28. The molecular formula is C13H24O4.